The second-order valence-corrected chi connectivity index (χ2v) is 7.96. The number of anilines is 1. The van der Waals surface area contributed by atoms with Crippen LogP contribution >= 0.6 is 34.4 Å². The normalized spacial score (nSPS) is 13.0. The van der Waals surface area contributed by atoms with Crippen molar-refractivity contribution in [1.29, 1.82) is 0 Å². The second-order valence-electron chi connectivity index (χ2n) is 5.78. The summed E-state index contributed by atoms with van der Waals surface area (Å²) in [6.45, 7) is 1.09. The number of amides is 1. The molecule has 0 bridgehead atoms. The van der Waals surface area contributed by atoms with Gasteiger partial charge in [0, 0.05) is 27.9 Å². The van der Waals surface area contributed by atoms with Crippen LogP contribution < -0.4 is 16.2 Å². The van der Waals surface area contributed by atoms with Crippen molar-refractivity contribution in [3.05, 3.63) is 27.6 Å². The van der Waals surface area contributed by atoms with Gasteiger partial charge in [0.25, 0.3) is 0 Å². The summed E-state index contributed by atoms with van der Waals surface area (Å²) in [5, 5.41) is 0.685. The number of fused-ring (bicyclic) bond motifs is 2. The van der Waals surface area contributed by atoms with Crippen molar-refractivity contribution in [2.75, 3.05) is 12.3 Å². The number of benzene rings is 1. The van der Waals surface area contributed by atoms with Gasteiger partial charge in [-0.05, 0) is 40.3 Å². The Kier molecular flexibility index (Phi) is 4.61. The Morgan fingerprint density at radius 3 is 3.04 bits per heavy atom. The number of nitrogen functional groups attached to an aromatic ring is 1. The van der Waals surface area contributed by atoms with E-state index < -0.39 is 0 Å². The molecular formula is C16H15IN6O2S. The van der Waals surface area contributed by atoms with Gasteiger partial charge < -0.3 is 20.8 Å². The Bertz CT molecular complexity index is 1020. The Morgan fingerprint density at radius 2 is 2.23 bits per heavy atom. The number of ether oxygens (including phenoxy) is 1. The third kappa shape index (κ3) is 3.18. The van der Waals surface area contributed by atoms with Crippen molar-refractivity contribution in [2.45, 2.75) is 29.4 Å². The van der Waals surface area contributed by atoms with Crippen molar-refractivity contribution in [3.8, 4) is 5.75 Å². The maximum Gasteiger partial charge on any atom is 0.219 e. The summed E-state index contributed by atoms with van der Waals surface area (Å²) in [6, 6.07) is 4.16. The molecule has 4 N–H and O–H groups in total. The average molecular weight is 482 g/mol. The number of carbonyl (C=O) groups is 1. The number of carbonyl (C=O) groups excluding carboxylic acids is 1. The Balaban J connectivity index is 1.77. The lowest BCUT2D eigenvalue weighted by Crippen LogP contribution is -2.14. The lowest BCUT2D eigenvalue weighted by molar-refractivity contribution is -0.118. The highest BCUT2D eigenvalue weighted by Gasteiger charge is 2.20. The molecule has 3 aromatic rings. The van der Waals surface area contributed by atoms with Crippen LogP contribution in [0, 0.1) is 3.57 Å². The van der Waals surface area contributed by atoms with E-state index in [9.17, 15) is 4.79 Å². The molecule has 1 aromatic carbocycles. The topological polar surface area (TPSA) is 122 Å². The summed E-state index contributed by atoms with van der Waals surface area (Å²) >= 11 is 3.79. The summed E-state index contributed by atoms with van der Waals surface area (Å²) in [5.74, 6) is 0.832. The number of imidazole rings is 1. The minimum Gasteiger partial charge on any atom is -0.493 e. The van der Waals surface area contributed by atoms with Crippen LogP contribution in [-0.4, -0.2) is 32.0 Å². The maximum atomic E-state index is 11.3. The largest absolute Gasteiger partial charge is 0.493 e. The van der Waals surface area contributed by atoms with Crippen molar-refractivity contribution < 1.29 is 9.53 Å². The molecule has 4 rings (SSSR count). The molecule has 134 valence electrons. The van der Waals surface area contributed by atoms with Crippen LogP contribution in [0.1, 0.15) is 12.0 Å². The number of rotatable bonds is 5. The number of nitrogens with zero attached hydrogens (tertiary/aromatic N) is 4. The van der Waals surface area contributed by atoms with Gasteiger partial charge in [0.05, 0.1) is 6.61 Å². The zero-order valence-corrected chi connectivity index (χ0v) is 16.6. The second kappa shape index (κ2) is 6.91. The van der Waals surface area contributed by atoms with Crippen LogP contribution in [0.25, 0.3) is 11.2 Å². The third-order valence-electron chi connectivity index (χ3n) is 4.05. The minimum atomic E-state index is -0.384. The molecule has 0 unspecified atom stereocenters. The highest BCUT2D eigenvalue weighted by Crippen LogP contribution is 2.38. The molecule has 0 spiro atoms. The van der Waals surface area contributed by atoms with E-state index in [1.54, 1.807) is 0 Å². The van der Waals surface area contributed by atoms with E-state index in [1.165, 1.54) is 23.7 Å². The van der Waals surface area contributed by atoms with Gasteiger partial charge in [0.1, 0.15) is 12.1 Å². The van der Waals surface area contributed by atoms with Crippen LogP contribution in [0.2, 0.25) is 0 Å². The zero-order chi connectivity index (χ0) is 18.3. The van der Waals surface area contributed by atoms with E-state index in [4.69, 9.17) is 16.2 Å². The fourth-order valence-electron chi connectivity index (χ4n) is 2.79. The molecule has 1 aliphatic heterocycles. The van der Waals surface area contributed by atoms with Crippen molar-refractivity contribution in [3.63, 3.8) is 0 Å². The average Bonchev–Trinajstić information content (AvgIpc) is 3.18. The smallest absolute Gasteiger partial charge is 0.219 e. The molecule has 0 fully saturated rings. The fraction of sp³-hybridized carbons (Fsp3) is 0.250. The first-order valence-corrected chi connectivity index (χ1v) is 9.80. The molecule has 1 aliphatic rings. The third-order valence-corrected chi connectivity index (χ3v) is 6.36. The molecule has 3 heterocycles. The Labute approximate surface area is 166 Å². The SMILES string of the molecule is NC(=O)CCn1c(Sc2cc3c(cc2I)CCO3)nc2c(N)ncnc21. The van der Waals surface area contributed by atoms with E-state index in [1.807, 2.05) is 10.6 Å². The van der Waals surface area contributed by atoms with Gasteiger partial charge in [0.15, 0.2) is 22.1 Å². The molecule has 0 atom stereocenters. The summed E-state index contributed by atoms with van der Waals surface area (Å²) in [4.78, 5) is 25.2. The number of hydrogen-bond donors (Lipinski definition) is 2. The molecule has 8 nitrogen and oxygen atoms in total. The first-order valence-electron chi connectivity index (χ1n) is 7.91. The standard InChI is InChI=1S/C16H15IN6O2S/c17-9-5-8-2-4-25-10(8)6-11(9)26-16-22-13-14(19)20-7-21-15(13)23(16)3-1-12(18)24/h5-7H,1-4H2,(H2,18,24)(H2,19,20,21). The van der Waals surface area contributed by atoms with Gasteiger partial charge in [-0.15, -0.1) is 0 Å². The predicted molar refractivity (Wildman–Crippen MR) is 106 cm³/mol. The Hall–Kier alpha value is -2.08. The van der Waals surface area contributed by atoms with Crippen molar-refractivity contribution in [2.24, 2.45) is 5.73 Å². The monoisotopic (exact) mass is 482 g/mol. The summed E-state index contributed by atoms with van der Waals surface area (Å²) < 4.78 is 8.64. The van der Waals surface area contributed by atoms with E-state index in [0.29, 0.717) is 35.3 Å². The van der Waals surface area contributed by atoms with Gasteiger partial charge >= 0.3 is 0 Å². The van der Waals surface area contributed by atoms with E-state index in [-0.39, 0.29) is 12.3 Å². The molecule has 0 aliphatic carbocycles. The van der Waals surface area contributed by atoms with Gasteiger partial charge in [-0.3, -0.25) is 4.79 Å². The summed E-state index contributed by atoms with van der Waals surface area (Å²) in [5.41, 5.74) is 13.6. The van der Waals surface area contributed by atoms with E-state index >= 15 is 0 Å². The lowest BCUT2D eigenvalue weighted by atomic mass is 10.2. The number of nitrogens with two attached hydrogens (primary N) is 2. The Morgan fingerprint density at radius 1 is 1.38 bits per heavy atom. The van der Waals surface area contributed by atoms with Gasteiger partial charge in [0.2, 0.25) is 5.91 Å². The van der Waals surface area contributed by atoms with Crippen LogP contribution in [0.4, 0.5) is 5.82 Å². The van der Waals surface area contributed by atoms with Crippen LogP contribution in [-0.2, 0) is 17.8 Å². The van der Waals surface area contributed by atoms with Crippen molar-refractivity contribution in [1.82, 2.24) is 19.5 Å². The molecule has 2 aromatic heterocycles. The molecule has 0 saturated carbocycles. The maximum absolute atomic E-state index is 11.3. The summed E-state index contributed by atoms with van der Waals surface area (Å²) in [7, 11) is 0. The number of primary amides is 1. The van der Waals surface area contributed by atoms with Crippen LogP contribution in [0.3, 0.4) is 0 Å². The highest BCUT2D eigenvalue weighted by atomic mass is 127. The van der Waals surface area contributed by atoms with Crippen molar-refractivity contribution >= 4 is 57.2 Å². The van der Waals surface area contributed by atoms with Crippen LogP contribution in [0.15, 0.2) is 28.5 Å². The summed E-state index contributed by atoms with van der Waals surface area (Å²) in [6.07, 6.45) is 2.51. The predicted octanol–water partition coefficient (Wildman–Crippen LogP) is 1.97. The first kappa shape index (κ1) is 17.3. The van der Waals surface area contributed by atoms with Gasteiger partial charge in [-0.2, -0.15) is 0 Å². The molecule has 1 amide bonds. The van der Waals surface area contributed by atoms with E-state index in [2.05, 4.69) is 43.6 Å². The number of aromatic nitrogens is 4. The van der Waals surface area contributed by atoms with Crippen LogP contribution in [0.5, 0.6) is 5.75 Å². The molecule has 0 radical (unpaired) electrons. The lowest BCUT2D eigenvalue weighted by Gasteiger charge is -2.09. The molecule has 26 heavy (non-hydrogen) atoms. The minimum absolute atomic E-state index is 0.188. The molecule has 10 heteroatoms. The fourth-order valence-corrected chi connectivity index (χ4v) is 4.59. The first-order chi connectivity index (χ1) is 12.5. The van der Waals surface area contributed by atoms with Gasteiger partial charge in [-0.25, -0.2) is 15.0 Å². The highest BCUT2D eigenvalue weighted by molar-refractivity contribution is 14.1. The zero-order valence-electron chi connectivity index (χ0n) is 13.6. The number of halogens is 1. The molecule has 0 saturated heterocycles. The number of hydrogen-bond acceptors (Lipinski definition) is 7. The molecular weight excluding hydrogens is 467 g/mol. The van der Waals surface area contributed by atoms with E-state index in [0.717, 1.165) is 20.6 Å². The quantitative estimate of drug-likeness (QED) is 0.534. The number of aryl methyl sites for hydroxylation is 1. The van der Waals surface area contributed by atoms with Gasteiger partial charge in [-0.1, -0.05) is 11.8 Å².